The molecule has 21 heavy (non-hydrogen) atoms. The van der Waals surface area contributed by atoms with E-state index in [2.05, 4.69) is 0 Å². The van der Waals surface area contributed by atoms with Crippen LogP contribution in [0.25, 0.3) is 12.2 Å². The van der Waals surface area contributed by atoms with Crippen LogP contribution in [0, 0.1) is 6.92 Å². The van der Waals surface area contributed by atoms with Gasteiger partial charge in [0.1, 0.15) is 11.5 Å². The van der Waals surface area contributed by atoms with Crippen LogP contribution in [0.4, 0.5) is 0 Å². The Kier molecular flexibility index (Phi) is 5.16. The molecule has 0 heterocycles. The Hall–Kier alpha value is -1.64. The maximum Gasteiger partial charge on any atom is 0.126 e. The molecule has 110 valence electrons. The summed E-state index contributed by atoms with van der Waals surface area (Å²) in [6.45, 7) is 1.96. The smallest absolute Gasteiger partial charge is 0.126 e. The number of ether oxygens (including phenoxy) is 2. The summed E-state index contributed by atoms with van der Waals surface area (Å²) < 4.78 is 10.7. The summed E-state index contributed by atoms with van der Waals surface area (Å²) >= 11 is 11.9. The van der Waals surface area contributed by atoms with Gasteiger partial charge in [0.15, 0.2) is 0 Å². The minimum atomic E-state index is 0.540. The van der Waals surface area contributed by atoms with Gasteiger partial charge in [-0.15, -0.1) is 0 Å². The molecule has 0 unspecified atom stereocenters. The van der Waals surface area contributed by atoms with E-state index in [1.54, 1.807) is 20.3 Å². The summed E-state index contributed by atoms with van der Waals surface area (Å²) in [6, 6.07) is 9.44. The standard InChI is InChI=1S/C17H16Cl2O2/c1-11-16(20-2)9-13(10-17(11)21-3)5-4-12-6-7-14(18)15(19)8-12/h4-10H,1-3H3. The second-order valence-electron chi connectivity index (χ2n) is 4.56. The lowest BCUT2D eigenvalue weighted by atomic mass is 10.1. The molecule has 0 saturated heterocycles. The van der Waals surface area contributed by atoms with Crippen LogP contribution in [-0.2, 0) is 0 Å². The second-order valence-corrected chi connectivity index (χ2v) is 5.37. The van der Waals surface area contributed by atoms with Gasteiger partial charge in [-0.3, -0.25) is 0 Å². The van der Waals surface area contributed by atoms with Gasteiger partial charge in [0.25, 0.3) is 0 Å². The van der Waals surface area contributed by atoms with Crippen molar-refractivity contribution in [1.29, 1.82) is 0 Å². The summed E-state index contributed by atoms with van der Waals surface area (Å²) in [5, 5.41) is 1.09. The zero-order valence-electron chi connectivity index (χ0n) is 12.1. The largest absolute Gasteiger partial charge is 0.496 e. The molecule has 0 aliphatic carbocycles. The Morgan fingerprint density at radius 2 is 1.38 bits per heavy atom. The zero-order valence-corrected chi connectivity index (χ0v) is 13.6. The van der Waals surface area contributed by atoms with Crippen molar-refractivity contribution < 1.29 is 9.47 Å². The van der Waals surface area contributed by atoms with E-state index < -0.39 is 0 Å². The van der Waals surface area contributed by atoms with Crippen molar-refractivity contribution in [1.82, 2.24) is 0 Å². The molecule has 0 radical (unpaired) electrons. The molecule has 0 amide bonds. The molecule has 4 heteroatoms. The zero-order chi connectivity index (χ0) is 15.4. The van der Waals surface area contributed by atoms with Crippen LogP contribution in [0.15, 0.2) is 30.3 Å². The van der Waals surface area contributed by atoms with Crippen molar-refractivity contribution in [2.45, 2.75) is 6.92 Å². The Balaban J connectivity index is 2.34. The number of hydrogen-bond donors (Lipinski definition) is 0. The molecule has 0 aliphatic heterocycles. The number of halogens is 2. The van der Waals surface area contributed by atoms with E-state index in [0.29, 0.717) is 10.0 Å². The van der Waals surface area contributed by atoms with E-state index in [0.717, 1.165) is 28.2 Å². The first-order chi connectivity index (χ1) is 10.0. The van der Waals surface area contributed by atoms with Gasteiger partial charge in [0.2, 0.25) is 0 Å². The maximum absolute atomic E-state index is 6.01. The molecule has 0 N–H and O–H groups in total. The quantitative estimate of drug-likeness (QED) is 0.693. The highest BCUT2D eigenvalue weighted by Crippen LogP contribution is 2.30. The molecule has 2 nitrogen and oxygen atoms in total. The highest BCUT2D eigenvalue weighted by molar-refractivity contribution is 6.42. The number of hydrogen-bond acceptors (Lipinski definition) is 2. The lowest BCUT2D eigenvalue weighted by Crippen LogP contribution is -1.93. The summed E-state index contributed by atoms with van der Waals surface area (Å²) in [4.78, 5) is 0. The molecule has 0 aromatic heterocycles. The SMILES string of the molecule is COc1cc(C=Cc2ccc(Cl)c(Cl)c2)cc(OC)c1C. The number of methoxy groups -OCH3 is 2. The fourth-order valence-corrected chi connectivity index (χ4v) is 2.32. The fourth-order valence-electron chi connectivity index (χ4n) is 2.01. The summed E-state index contributed by atoms with van der Waals surface area (Å²) in [5.74, 6) is 1.59. The molecular formula is C17H16Cl2O2. The van der Waals surface area contributed by atoms with Crippen molar-refractivity contribution in [3.63, 3.8) is 0 Å². The summed E-state index contributed by atoms with van der Waals surface area (Å²) in [7, 11) is 3.29. The fraction of sp³-hybridized carbons (Fsp3) is 0.176. The van der Waals surface area contributed by atoms with Gasteiger partial charge >= 0.3 is 0 Å². The van der Waals surface area contributed by atoms with Gasteiger partial charge in [-0.2, -0.15) is 0 Å². The van der Waals surface area contributed by atoms with Crippen LogP contribution >= 0.6 is 23.2 Å². The van der Waals surface area contributed by atoms with E-state index in [-0.39, 0.29) is 0 Å². The molecule has 0 bridgehead atoms. The van der Waals surface area contributed by atoms with Crippen molar-refractivity contribution >= 4 is 35.4 Å². The average Bonchev–Trinajstić information content (AvgIpc) is 2.49. The molecule has 0 atom stereocenters. The molecule has 2 aromatic rings. The van der Waals surface area contributed by atoms with Gasteiger partial charge in [0, 0.05) is 5.56 Å². The van der Waals surface area contributed by atoms with Crippen molar-refractivity contribution in [3.8, 4) is 11.5 Å². The minimum absolute atomic E-state index is 0.540. The van der Waals surface area contributed by atoms with Gasteiger partial charge in [-0.25, -0.2) is 0 Å². The lowest BCUT2D eigenvalue weighted by molar-refractivity contribution is 0.388. The van der Waals surface area contributed by atoms with E-state index in [4.69, 9.17) is 32.7 Å². The molecule has 0 saturated carbocycles. The summed E-state index contributed by atoms with van der Waals surface area (Å²) in [6.07, 6.45) is 3.94. The van der Waals surface area contributed by atoms with Crippen molar-refractivity contribution in [2.75, 3.05) is 14.2 Å². The highest BCUT2D eigenvalue weighted by Gasteiger charge is 2.06. The van der Waals surface area contributed by atoms with Gasteiger partial charge in [-0.1, -0.05) is 41.4 Å². The third kappa shape index (κ3) is 3.72. The van der Waals surface area contributed by atoms with E-state index in [1.807, 2.05) is 43.3 Å². The maximum atomic E-state index is 6.01. The van der Waals surface area contributed by atoms with E-state index in [1.165, 1.54) is 0 Å². The Bertz CT molecular complexity index is 653. The first-order valence-electron chi connectivity index (χ1n) is 6.41. The monoisotopic (exact) mass is 322 g/mol. The highest BCUT2D eigenvalue weighted by atomic mass is 35.5. The second kappa shape index (κ2) is 6.88. The number of rotatable bonds is 4. The van der Waals surface area contributed by atoms with E-state index >= 15 is 0 Å². The molecule has 2 rings (SSSR count). The topological polar surface area (TPSA) is 18.5 Å². The predicted octanol–water partition coefficient (Wildman–Crippen LogP) is 5.49. The first kappa shape index (κ1) is 15.7. The Morgan fingerprint density at radius 1 is 0.810 bits per heavy atom. The molecule has 2 aromatic carbocycles. The van der Waals surface area contributed by atoms with E-state index in [9.17, 15) is 0 Å². The average molecular weight is 323 g/mol. The van der Waals surface area contributed by atoms with Crippen molar-refractivity contribution in [2.24, 2.45) is 0 Å². The lowest BCUT2D eigenvalue weighted by Gasteiger charge is -2.11. The molecule has 0 fully saturated rings. The molecular weight excluding hydrogens is 307 g/mol. The van der Waals surface area contributed by atoms with Crippen LogP contribution in [0.1, 0.15) is 16.7 Å². The van der Waals surface area contributed by atoms with Gasteiger partial charge in [-0.05, 0) is 42.3 Å². The molecule has 0 aliphatic rings. The van der Waals surface area contributed by atoms with Gasteiger partial charge < -0.3 is 9.47 Å². The third-order valence-electron chi connectivity index (χ3n) is 3.19. The number of benzene rings is 2. The normalized spacial score (nSPS) is 10.9. The Labute approximate surface area is 134 Å². The van der Waals surface area contributed by atoms with Crippen LogP contribution in [0.3, 0.4) is 0 Å². The third-order valence-corrected chi connectivity index (χ3v) is 3.93. The van der Waals surface area contributed by atoms with Crippen LogP contribution in [-0.4, -0.2) is 14.2 Å². The van der Waals surface area contributed by atoms with Crippen LogP contribution in [0.5, 0.6) is 11.5 Å². The summed E-state index contributed by atoms with van der Waals surface area (Å²) in [5.41, 5.74) is 2.94. The van der Waals surface area contributed by atoms with Crippen LogP contribution in [0.2, 0.25) is 10.0 Å². The predicted molar refractivity (Wildman–Crippen MR) is 89.7 cm³/mol. The minimum Gasteiger partial charge on any atom is -0.496 e. The first-order valence-corrected chi connectivity index (χ1v) is 7.16. The van der Waals surface area contributed by atoms with Crippen molar-refractivity contribution in [3.05, 3.63) is 57.1 Å². The van der Waals surface area contributed by atoms with Gasteiger partial charge in [0.05, 0.1) is 24.3 Å². The molecule has 0 spiro atoms. The Morgan fingerprint density at radius 3 is 1.90 bits per heavy atom. The van der Waals surface area contributed by atoms with Crippen LogP contribution < -0.4 is 9.47 Å².